The minimum absolute atomic E-state index is 0.147. The van der Waals surface area contributed by atoms with E-state index in [1.807, 2.05) is 0 Å². The summed E-state index contributed by atoms with van der Waals surface area (Å²) < 4.78 is 29.1. The maximum absolute atomic E-state index is 11.6. The molecule has 0 aliphatic carbocycles. The number of phosphoric acid groups is 2. The number of carboxylic acid groups (broad SMARTS) is 1. The molecule has 0 radical (unpaired) electrons. The molecule has 0 bridgehead atoms. The van der Waals surface area contributed by atoms with Crippen LogP contribution in [0.25, 0.3) is 0 Å². The number of rotatable bonds is 6. The summed E-state index contributed by atoms with van der Waals surface area (Å²) in [5.74, 6) is -2.10. The molecule has 0 aromatic rings. The summed E-state index contributed by atoms with van der Waals surface area (Å²) in [6.07, 6.45) is 0.704. The third-order valence-electron chi connectivity index (χ3n) is 2.42. The van der Waals surface area contributed by atoms with Crippen molar-refractivity contribution in [2.75, 3.05) is 13.2 Å². The first kappa shape index (κ1) is 17.3. The Hall–Kier alpha value is -0.800. The van der Waals surface area contributed by atoms with Crippen LogP contribution in [0.1, 0.15) is 12.8 Å². The van der Waals surface area contributed by atoms with Gasteiger partial charge in [0.25, 0.3) is 0 Å². The third-order valence-corrected chi connectivity index (χ3v) is 4.55. The van der Waals surface area contributed by atoms with Crippen LogP contribution in [0, 0.1) is 0 Å². The van der Waals surface area contributed by atoms with Gasteiger partial charge in [0.05, 0.1) is 0 Å². The lowest BCUT2D eigenvalue weighted by Gasteiger charge is -2.21. The van der Waals surface area contributed by atoms with E-state index in [-0.39, 0.29) is 13.0 Å². The summed E-state index contributed by atoms with van der Waals surface area (Å²) in [5.41, 5.74) is 0. The molecular formula is C7H13NO10P2. The molecule has 116 valence electrons. The first-order valence-corrected chi connectivity index (χ1v) is 8.31. The van der Waals surface area contributed by atoms with Crippen LogP contribution >= 0.6 is 15.6 Å². The van der Waals surface area contributed by atoms with Crippen molar-refractivity contribution in [2.45, 2.75) is 18.9 Å². The smallest absolute Gasteiger partial charge is 0.480 e. The fourth-order valence-corrected chi connectivity index (χ4v) is 3.24. The quantitative estimate of drug-likeness (QED) is 0.455. The van der Waals surface area contributed by atoms with E-state index in [0.717, 1.165) is 4.90 Å². The molecule has 0 spiro atoms. The number of likely N-dealkylation sites (tertiary alicyclic amines) is 1. The maximum Gasteiger partial charge on any atom is 0.481 e. The van der Waals surface area contributed by atoms with Gasteiger partial charge in [-0.25, -0.2) is 13.9 Å². The van der Waals surface area contributed by atoms with Crippen LogP contribution in [0.4, 0.5) is 0 Å². The number of carbonyl (C=O) groups excluding carboxylic acids is 1. The van der Waals surface area contributed by atoms with Crippen LogP contribution in [-0.2, 0) is 27.6 Å². The fraction of sp³-hybridized carbons (Fsp3) is 0.714. The lowest BCUT2D eigenvalue weighted by atomic mass is 10.2. The van der Waals surface area contributed by atoms with Crippen LogP contribution < -0.4 is 0 Å². The molecule has 0 aromatic heterocycles. The molecule has 1 aliphatic heterocycles. The molecule has 1 rings (SSSR count). The van der Waals surface area contributed by atoms with Crippen molar-refractivity contribution < 1.29 is 47.3 Å². The first-order chi connectivity index (χ1) is 9.02. The Morgan fingerprint density at radius 2 is 1.85 bits per heavy atom. The molecule has 1 amide bonds. The van der Waals surface area contributed by atoms with E-state index in [1.54, 1.807) is 0 Å². The highest BCUT2D eigenvalue weighted by Crippen LogP contribution is 2.57. The van der Waals surface area contributed by atoms with Gasteiger partial charge in [0.2, 0.25) is 5.91 Å². The summed E-state index contributed by atoms with van der Waals surface area (Å²) in [6, 6.07) is -1.05. The molecule has 11 nitrogen and oxygen atoms in total. The highest BCUT2D eigenvalue weighted by atomic mass is 31.3. The Kier molecular flexibility index (Phi) is 5.45. The third kappa shape index (κ3) is 5.29. The van der Waals surface area contributed by atoms with Gasteiger partial charge in [0, 0.05) is 6.54 Å². The van der Waals surface area contributed by atoms with Crippen molar-refractivity contribution in [1.29, 1.82) is 0 Å². The SMILES string of the molecule is O=C(O)[C@@H]1CCCN1C(=O)COP(=O)(O)OP(=O)(O)O. The Labute approximate surface area is 113 Å². The Bertz CT molecular complexity index is 486. The molecule has 1 saturated heterocycles. The molecule has 4 N–H and O–H groups in total. The van der Waals surface area contributed by atoms with Gasteiger partial charge in [-0.3, -0.25) is 9.32 Å². The molecule has 1 heterocycles. The minimum atomic E-state index is -5.26. The number of amides is 1. The molecule has 0 saturated carbocycles. The van der Waals surface area contributed by atoms with Gasteiger partial charge in [0.1, 0.15) is 12.6 Å². The zero-order valence-corrected chi connectivity index (χ0v) is 11.8. The molecule has 1 aliphatic rings. The summed E-state index contributed by atoms with van der Waals surface area (Å²) in [4.78, 5) is 49.1. The van der Waals surface area contributed by atoms with Crippen molar-refractivity contribution in [3.8, 4) is 0 Å². The largest absolute Gasteiger partial charge is 0.481 e. The summed E-state index contributed by atoms with van der Waals surface area (Å²) in [7, 11) is -10.4. The van der Waals surface area contributed by atoms with Gasteiger partial charge in [-0.2, -0.15) is 4.31 Å². The lowest BCUT2D eigenvalue weighted by Crippen LogP contribution is -2.42. The fourth-order valence-electron chi connectivity index (χ4n) is 1.70. The van der Waals surface area contributed by atoms with Gasteiger partial charge >= 0.3 is 21.6 Å². The topological polar surface area (TPSA) is 171 Å². The van der Waals surface area contributed by atoms with Gasteiger partial charge < -0.3 is 24.7 Å². The van der Waals surface area contributed by atoms with Gasteiger partial charge in [0.15, 0.2) is 0 Å². The molecule has 2 atom stereocenters. The van der Waals surface area contributed by atoms with Crippen LogP contribution in [0.15, 0.2) is 0 Å². The zero-order chi connectivity index (χ0) is 15.6. The van der Waals surface area contributed by atoms with Gasteiger partial charge in [-0.15, -0.1) is 0 Å². The predicted octanol–water partition coefficient (Wildman–Crippen LogP) is -0.712. The highest BCUT2D eigenvalue weighted by Gasteiger charge is 2.37. The summed E-state index contributed by atoms with van der Waals surface area (Å²) in [6.45, 7) is -0.883. The predicted molar refractivity (Wildman–Crippen MR) is 61.3 cm³/mol. The van der Waals surface area contributed by atoms with E-state index >= 15 is 0 Å². The normalized spacial score (nSPS) is 22.6. The second kappa shape index (κ2) is 6.31. The minimum Gasteiger partial charge on any atom is -0.480 e. The molecule has 20 heavy (non-hydrogen) atoms. The van der Waals surface area contributed by atoms with E-state index in [4.69, 9.17) is 19.8 Å². The van der Waals surface area contributed by atoms with Crippen molar-refractivity contribution in [1.82, 2.24) is 4.90 Å². The summed E-state index contributed by atoms with van der Waals surface area (Å²) >= 11 is 0. The molecule has 1 fully saturated rings. The lowest BCUT2D eigenvalue weighted by molar-refractivity contribution is -0.149. The Balaban J connectivity index is 2.57. The number of phosphoric ester groups is 1. The maximum atomic E-state index is 11.6. The first-order valence-electron chi connectivity index (χ1n) is 5.28. The molecule has 0 aromatic carbocycles. The number of nitrogens with zero attached hydrogens (tertiary/aromatic N) is 1. The number of hydrogen-bond donors (Lipinski definition) is 4. The van der Waals surface area contributed by atoms with Crippen LogP contribution in [0.5, 0.6) is 0 Å². The number of aliphatic carboxylic acids is 1. The molecular weight excluding hydrogens is 320 g/mol. The van der Waals surface area contributed by atoms with E-state index in [1.165, 1.54) is 0 Å². The summed E-state index contributed by atoms with van der Waals surface area (Å²) in [5, 5.41) is 8.85. The van der Waals surface area contributed by atoms with E-state index in [2.05, 4.69) is 8.83 Å². The highest BCUT2D eigenvalue weighted by molar-refractivity contribution is 7.60. The van der Waals surface area contributed by atoms with Gasteiger partial charge in [-0.1, -0.05) is 0 Å². The number of carboxylic acids is 1. The van der Waals surface area contributed by atoms with Crippen molar-refractivity contribution in [3.63, 3.8) is 0 Å². The average Bonchev–Trinajstić information content (AvgIpc) is 2.71. The van der Waals surface area contributed by atoms with Gasteiger partial charge in [-0.05, 0) is 12.8 Å². The van der Waals surface area contributed by atoms with Crippen LogP contribution in [-0.4, -0.2) is 55.8 Å². The second-order valence-electron chi connectivity index (χ2n) is 3.90. The van der Waals surface area contributed by atoms with Crippen LogP contribution in [0.2, 0.25) is 0 Å². The van der Waals surface area contributed by atoms with E-state index in [9.17, 15) is 18.7 Å². The van der Waals surface area contributed by atoms with E-state index in [0.29, 0.717) is 6.42 Å². The molecule has 1 unspecified atom stereocenters. The molecule has 13 heteroatoms. The van der Waals surface area contributed by atoms with E-state index < -0.39 is 40.2 Å². The standard InChI is InChI=1S/C7H13NO10P2/c9-6(8-3-1-2-5(8)7(10)11)4-17-20(15,16)18-19(12,13)14/h5H,1-4H2,(H,10,11)(H,15,16)(H2,12,13,14)/t5-/m0/s1. The zero-order valence-electron chi connectivity index (χ0n) is 9.99. The van der Waals surface area contributed by atoms with Crippen LogP contribution in [0.3, 0.4) is 0 Å². The van der Waals surface area contributed by atoms with Crippen molar-refractivity contribution in [3.05, 3.63) is 0 Å². The Morgan fingerprint density at radius 1 is 1.25 bits per heavy atom. The number of carbonyl (C=O) groups is 2. The second-order valence-corrected chi connectivity index (χ2v) is 6.73. The van der Waals surface area contributed by atoms with Crippen molar-refractivity contribution in [2.24, 2.45) is 0 Å². The van der Waals surface area contributed by atoms with Crippen molar-refractivity contribution >= 4 is 27.5 Å². The average molecular weight is 333 g/mol. The Morgan fingerprint density at radius 3 is 2.35 bits per heavy atom. The number of hydrogen-bond acceptors (Lipinski definition) is 6. The monoisotopic (exact) mass is 333 g/mol.